The fraction of sp³-hybridized carbons (Fsp3) is 0.688. The number of likely N-dealkylation sites (tertiary alicyclic amines) is 1. The maximum absolute atomic E-state index is 12.6. The number of rotatable bonds is 1. The molecular formula is C16H23NO2S. The molecule has 1 amide bonds. The Bertz CT molecular complexity index is 473. The van der Waals surface area contributed by atoms with Crippen LogP contribution in [0.15, 0.2) is 6.07 Å². The molecule has 1 aliphatic heterocycles. The summed E-state index contributed by atoms with van der Waals surface area (Å²) in [5, 5.41) is 9.95. The average molecular weight is 293 g/mol. The monoisotopic (exact) mass is 293 g/mol. The molecule has 110 valence electrons. The van der Waals surface area contributed by atoms with Crippen molar-refractivity contribution in [1.29, 1.82) is 0 Å². The Kier molecular flexibility index (Phi) is 4.13. The van der Waals surface area contributed by atoms with E-state index in [4.69, 9.17) is 0 Å². The van der Waals surface area contributed by atoms with Gasteiger partial charge in [-0.3, -0.25) is 4.79 Å². The normalized spacial score (nSPS) is 27.0. The molecule has 3 nitrogen and oxygen atoms in total. The summed E-state index contributed by atoms with van der Waals surface area (Å²) in [6, 6.07) is 2.11. The molecule has 0 aromatic carbocycles. The fourth-order valence-electron chi connectivity index (χ4n) is 3.16. The molecule has 0 spiro atoms. The van der Waals surface area contributed by atoms with Crippen LogP contribution in [0.5, 0.6) is 0 Å². The van der Waals surface area contributed by atoms with E-state index in [0.29, 0.717) is 12.5 Å². The van der Waals surface area contributed by atoms with Crippen molar-refractivity contribution in [2.45, 2.75) is 51.6 Å². The average Bonchev–Trinajstić information content (AvgIpc) is 2.72. The third-order valence-corrected chi connectivity index (χ3v) is 5.89. The van der Waals surface area contributed by atoms with Crippen molar-refractivity contribution in [2.24, 2.45) is 5.92 Å². The van der Waals surface area contributed by atoms with Crippen molar-refractivity contribution < 1.29 is 9.90 Å². The SMILES string of the molecule is CC1CCN(C(=O)c2cc3c(s2)CCCCC3)CC1O. The van der Waals surface area contributed by atoms with E-state index in [1.807, 2.05) is 4.90 Å². The molecule has 1 saturated heterocycles. The van der Waals surface area contributed by atoms with Gasteiger partial charge in [-0.15, -0.1) is 11.3 Å². The number of fused-ring (bicyclic) bond motifs is 1. The van der Waals surface area contributed by atoms with Crippen LogP contribution in [0.4, 0.5) is 0 Å². The van der Waals surface area contributed by atoms with E-state index < -0.39 is 0 Å². The molecule has 2 aliphatic rings. The molecule has 2 heterocycles. The minimum Gasteiger partial charge on any atom is -0.391 e. The summed E-state index contributed by atoms with van der Waals surface area (Å²) >= 11 is 1.68. The number of aliphatic hydroxyl groups is 1. The van der Waals surface area contributed by atoms with Gasteiger partial charge in [0.15, 0.2) is 0 Å². The molecular weight excluding hydrogens is 270 g/mol. The molecule has 2 unspecified atom stereocenters. The third kappa shape index (κ3) is 2.77. The second kappa shape index (κ2) is 5.86. The lowest BCUT2D eigenvalue weighted by Crippen LogP contribution is -2.45. The summed E-state index contributed by atoms with van der Waals surface area (Å²) < 4.78 is 0. The van der Waals surface area contributed by atoms with E-state index in [2.05, 4.69) is 13.0 Å². The number of aliphatic hydroxyl groups excluding tert-OH is 1. The van der Waals surface area contributed by atoms with Gasteiger partial charge in [-0.25, -0.2) is 0 Å². The summed E-state index contributed by atoms with van der Waals surface area (Å²) in [6.45, 7) is 3.32. The van der Waals surface area contributed by atoms with Crippen LogP contribution in [0.25, 0.3) is 0 Å². The number of amides is 1. The van der Waals surface area contributed by atoms with Crippen LogP contribution < -0.4 is 0 Å². The number of thiophene rings is 1. The molecule has 20 heavy (non-hydrogen) atoms. The van der Waals surface area contributed by atoms with Gasteiger partial charge in [0.05, 0.1) is 11.0 Å². The number of hydrogen-bond donors (Lipinski definition) is 1. The van der Waals surface area contributed by atoms with Gasteiger partial charge in [-0.2, -0.15) is 0 Å². The molecule has 0 saturated carbocycles. The number of hydrogen-bond acceptors (Lipinski definition) is 3. The quantitative estimate of drug-likeness (QED) is 0.809. The first-order valence-electron chi connectivity index (χ1n) is 7.74. The largest absolute Gasteiger partial charge is 0.391 e. The van der Waals surface area contributed by atoms with Crippen molar-refractivity contribution in [3.05, 3.63) is 21.4 Å². The highest BCUT2D eigenvalue weighted by molar-refractivity contribution is 7.14. The summed E-state index contributed by atoms with van der Waals surface area (Å²) in [6.07, 6.45) is 6.59. The van der Waals surface area contributed by atoms with Gasteiger partial charge in [0.25, 0.3) is 5.91 Å². The second-order valence-electron chi connectivity index (χ2n) is 6.20. The first-order chi connectivity index (χ1) is 9.65. The summed E-state index contributed by atoms with van der Waals surface area (Å²) in [5.41, 5.74) is 1.39. The Morgan fingerprint density at radius 2 is 2.15 bits per heavy atom. The van der Waals surface area contributed by atoms with Gasteiger partial charge in [-0.1, -0.05) is 13.3 Å². The van der Waals surface area contributed by atoms with Crippen molar-refractivity contribution in [2.75, 3.05) is 13.1 Å². The Morgan fingerprint density at radius 3 is 2.95 bits per heavy atom. The number of β-amino-alcohol motifs (C(OH)–C–C–N with tert-alkyl or cyclic N) is 1. The maximum atomic E-state index is 12.6. The van der Waals surface area contributed by atoms with Gasteiger partial charge in [0.1, 0.15) is 0 Å². The zero-order valence-corrected chi connectivity index (χ0v) is 12.9. The molecule has 2 atom stereocenters. The minimum absolute atomic E-state index is 0.119. The zero-order valence-electron chi connectivity index (χ0n) is 12.1. The van der Waals surface area contributed by atoms with Gasteiger partial charge in [0, 0.05) is 18.0 Å². The Labute approximate surface area is 124 Å². The van der Waals surface area contributed by atoms with E-state index >= 15 is 0 Å². The van der Waals surface area contributed by atoms with E-state index in [9.17, 15) is 9.90 Å². The molecule has 1 aliphatic carbocycles. The Morgan fingerprint density at radius 1 is 1.35 bits per heavy atom. The predicted octanol–water partition coefficient (Wildman–Crippen LogP) is 2.86. The topological polar surface area (TPSA) is 40.5 Å². The summed E-state index contributed by atoms with van der Waals surface area (Å²) in [7, 11) is 0. The van der Waals surface area contributed by atoms with E-state index in [-0.39, 0.29) is 12.0 Å². The van der Waals surface area contributed by atoms with Crippen molar-refractivity contribution in [1.82, 2.24) is 4.90 Å². The van der Waals surface area contributed by atoms with Crippen LogP contribution in [0.1, 0.15) is 52.7 Å². The molecule has 0 radical (unpaired) electrons. The first kappa shape index (κ1) is 14.1. The van der Waals surface area contributed by atoms with E-state index in [1.165, 1.54) is 29.7 Å². The van der Waals surface area contributed by atoms with Gasteiger partial charge in [0.2, 0.25) is 0 Å². The van der Waals surface area contributed by atoms with Gasteiger partial charge >= 0.3 is 0 Å². The van der Waals surface area contributed by atoms with E-state index in [0.717, 1.165) is 30.7 Å². The molecule has 3 rings (SSSR count). The highest BCUT2D eigenvalue weighted by atomic mass is 32.1. The smallest absolute Gasteiger partial charge is 0.264 e. The number of carbonyl (C=O) groups excluding carboxylic acids is 1. The first-order valence-corrected chi connectivity index (χ1v) is 8.55. The number of nitrogens with zero attached hydrogens (tertiary/aromatic N) is 1. The van der Waals surface area contributed by atoms with Crippen molar-refractivity contribution in [3.8, 4) is 0 Å². The Hall–Kier alpha value is -0.870. The lowest BCUT2D eigenvalue weighted by Gasteiger charge is -2.34. The second-order valence-corrected chi connectivity index (χ2v) is 7.34. The molecule has 1 fully saturated rings. The van der Waals surface area contributed by atoms with Gasteiger partial charge in [-0.05, 0) is 49.7 Å². The molecule has 1 N–H and O–H groups in total. The minimum atomic E-state index is -0.370. The third-order valence-electron chi connectivity index (χ3n) is 4.66. The van der Waals surface area contributed by atoms with Crippen LogP contribution in [-0.2, 0) is 12.8 Å². The zero-order chi connectivity index (χ0) is 14.1. The van der Waals surface area contributed by atoms with Crippen molar-refractivity contribution >= 4 is 17.2 Å². The molecule has 4 heteroatoms. The van der Waals surface area contributed by atoms with Crippen LogP contribution in [-0.4, -0.2) is 35.1 Å². The van der Waals surface area contributed by atoms with Crippen LogP contribution in [0.2, 0.25) is 0 Å². The lowest BCUT2D eigenvalue weighted by molar-refractivity contribution is 0.0251. The predicted molar refractivity (Wildman–Crippen MR) is 81.3 cm³/mol. The van der Waals surface area contributed by atoms with Gasteiger partial charge < -0.3 is 10.0 Å². The fourth-order valence-corrected chi connectivity index (χ4v) is 4.38. The lowest BCUT2D eigenvalue weighted by atomic mass is 9.96. The molecule has 1 aromatic rings. The van der Waals surface area contributed by atoms with Crippen LogP contribution in [0.3, 0.4) is 0 Å². The highest BCUT2D eigenvalue weighted by Crippen LogP contribution is 2.30. The summed E-state index contributed by atoms with van der Waals surface area (Å²) in [5.74, 6) is 0.424. The van der Waals surface area contributed by atoms with Crippen molar-refractivity contribution in [3.63, 3.8) is 0 Å². The standard InChI is InChI=1S/C16H23NO2S/c1-11-7-8-17(10-13(11)18)16(19)15-9-12-5-3-2-4-6-14(12)20-15/h9,11,13,18H,2-8,10H2,1H3. The van der Waals surface area contributed by atoms with Crippen LogP contribution >= 0.6 is 11.3 Å². The molecule has 0 bridgehead atoms. The molecule has 1 aromatic heterocycles. The number of piperidine rings is 1. The number of aryl methyl sites for hydroxylation is 2. The highest BCUT2D eigenvalue weighted by Gasteiger charge is 2.29. The van der Waals surface area contributed by atoms with Crippen LogP contribution in [0, 0.1) is 5.92 Å². The Balaban J connectivity index is 1.74. The van der Waals surface area contributed by atoms with E-state index in [1.54, 1.807) is 11.3 Å². The number of carbonyl (C=O) groups is 1. The maximum Gasteiger partial charge on any atom is 0.264 e. The summed E-state index contributed by atoms with van der Waals surface area (Å²) in [4.78, 5) is 16.7.